The van der Waals surface area contributed by atoms with Crippen molar-refractivity contribution in [2.45, 2.75) is 6.42 Å². The van der Waals surface area contributed by atoms with E-state index in [2.05, 4.69) is 5.32 Å². The first-order valence-corrected chi connectivity index (χ1v) is 10.6. The van der Waals surface area contributed by atoms with Crippen LogP contribution >= 0.6 is 0 Å². The Kier molecular flexibility index (Phi) is 6.50. The first-order valence-electron chi connectivity index (χ1n) is 10.6. The molecule has 4 rings (SSSR count). The van der Waals surface area contributed by atoms with Gasteiger partial charge < -0.3 is 15.0 Å². The van der Waals surface area contributed by atoms with Crippen LogP contribution in [-0.2, 0) is 11.2 Å². The monoisotopic (exact) mass is 432 g/mol. The van der Waals surface area contributed by atoms with Crippen LogP contribution in [0.15, 0.2) is 72.8 Å². The average molecular weight is 432 g/mol. The summed E-state index contributed by atoms with van der Waals surface area (Å²) < 4.78 is 19.7. The van der Waals surface area contributed by atoms with Crippen LogP contribution in [0.4, 0.5) is 4.39 Å². The zero-order valence-corrected chi connectivity index (χ0v) is 17.9. The fourth-order valence-corrected chi connectivity index (χ4v) is 4.14. The summed E-state index contributed by atoms with van der Waals surface area (Å²) in [5.41, 5.74) is 2.93. The number of halogens is 1. The summed E-state index contributed by atoms with van der Waals surface area (Å²) in [7, 11) is 1.63. The molecule has 0 spiro atoms. The van der Waals surface area contributed by atoms with E-state index in [0.29, 0.717) is 19.5 Å². The van der Waals surface area contributed by atoms with Crippen molar-refractivity contribution in [3.63, 3.8) is 0 Å². The Morgan fingerprint density at radius 2 is 1.72 bits per heavy atom. The summed E-state index contributed by atoms with van der Waals surface area (Å²) in [5, 5.41) is 2.90. The molecule has 0 bridgehead atoms. The van der Waals surface area contributed by atoms with Crippen LogP contribution in [-0.4, -0.2) is 43.5 Å². The van der Waals surface area contributed by atoms with E-state index in [1.165, 1.54) is 12.1 Å². The number of rotatable bonds is 5. The highest BCUT2D eigenvalue weighted by atomic mass is 19.1. The summed E-state index contributed by atoms with van der Waals surface area (Å²) >= 11 is 0. The average Bonchev–Trinajstić information content (AvgIpc) is 3.00. The standard InChI is InChI=1S/C26H25FN2O3/c1-32-24-13-7-5-10-21(24)20-9-3-2-8-18(20)16-19-17-29(15-14-28-25(19)30)26(31)22-11-4-6-12-23(22)27/h2-13,19H,14-17H2,1H3,(H,28,30)/t19-/m1/s1. The van der Waals surface area contributed by atoms with Crippen molar-refractivity contribution >= 4 is 11.8 Å². The molecule has 1 aliphatic rings. The van der Waals surface area contributed by atoms with Gasteiger partial charge in [0.2, 0.25) is 5.91 Å². The van der Waals surface area contributed by atoms with Gasteiger partial charge in [-0.05, 0) is 35.7 Å². The van der Waals surface area contributed by atoms with Gasteiger partial charge in [-0.1, -0.05) is 54.6 Å². The van der Waals surface area contributed by atoms with Gasteiger partial charge in [0.05, 0.1) is 18.6 Å². The molecule has 1 heterocycles. The highest BCUT2D eigenvalue weighted by Crippen LogP contribution is 2.33. The molecule has 1 aliphatic heterocycles. The van der Waals surface area contributed by atoms with Gasteiger partial charge in [0.1, 0.15) is 11.6 Å². The molecule has 1 saturated heterocycles. The smallest absolute Gasteiger partial charge is 0.256 e. The van der Waals surface area contributed by atoms with Crippen molar-refractivity contribution in [1.82, 2.24) is 10.2 Å². The molecule has 1 fully saturated rings. The second kappa shape index (κ2) is 9.64. The molecule has 1 atom stereocenters. The summed E-state index contributed by atoms with van der Waals surface area (Å²) in [6.07, 6.45) is 0.446. The molecule has 0 aliphatic carbocycles. The number of amides is 2. The molecule has 0 aromatic heterocycles. The van der Waals surface area contributed by atoms with E-state index in [1.54, 1.807) is 24.1 Å². The van der Waals surface area contributed by atoms with Crippen LogP contribution in [0.5, 0.6) is 5.75 Å². The van der Waals surface area contributed by atoms with Gasteiger partial charge in [-0.3, -0.25) is 9.59 Å². The number of carbonyl (C=O) groups is 2. The predicted octanol–water partition coefficient (Wildman–Crippen LogP) is 3.93. The van der Waals surface area contributed by atoms with Gasteiger partial charge in [0.15, 0.2) is 0 Å². The molecule has 32 heavy (non-hydrogen) atoms. The van der Waals surface area contributed by atoms with Gasteiger partial charge >= 0.3 is 0 Å². The normalized spacial score (nSPS) is 16.2. The maximum Gasteiger partial charge on any atom is 0.256 e. The number of nitrogens with zero attached hydrogens (tertiary/aromatic N) is 1. The second-order valence-electron chi connectivity index (χ2n) is 7.78. The molecule has 0 saturated carbocycles. The molecule has 5 nitrogen and oxygen atoms in total. The molecule has 0 unspecified atom stereocenters. The van der Waals surface area contributed by atoms with Gasteiger partial charge in [-0.15, -0.1) is 0 Å². The minimum Gasteiger partial charge on any atom is -0.496 e. The number of hydrogen-bond acceptors (Lipinski definition) is 3. The Bertz CT molecular complexity index is 1130. The number of benzene rings is 3. The number of para-hydroxylation sites is 1. The largest absolute Gasteiger partial charge is 0.496 e. The Morgan fingerprint density at radius 1 is 1.03 bits per heavy atom. The van der Waals surface area contributed by atoms with E-state index in [-0.39, 0.29) is 18.0 Å². The van der Waals surface area contributed by atoms with Crippen molar-refractivity contribution in [2.75, 3.05) is 26.7 Å². The zero-order valence-electron chi connectivity index (χ0n) is 17.9. The second-order valence-corrected chi connectivity index (χ2v) is 7.78. The van der Waals surface area contributed by atoms with Crippen molar-refractivity contribution in [3.05, 3.63) is 89.7 Å². The first-order chi connectivity index (χ1) is 15.6. The molecule has 3 aromatic rings. The predicted molar refractivity (Wildman–Crippen MR) is 121 cm³/mol. The molecule has 0 radical (unpaired) electrons. The van der Waals surface area contributed by atoms with Crippen LogP contribution in [0.25, 0.3) is 11.1 Å². The fourth-order valence-electron chi connectivity index (χ4n) is 4.14. The minimum absolute atomic E-state index is 0.0232. The molecule has 2 amide bonds. The number of carbonyl (C=O) groups excluding carboxylic acids is 2. The Hall–Kier alpha value is -3.67. The summed E-state index contributed by atoms with van der Waals surface area (Å²) in [6.45, 7) is 0.895. The lowest BCUT2D eigenvalue weighted by atomic mass is 9.91. The first kappa shape index (κ1) is 21.6. The van der Waals surface area contributed by atoms with E-state index in [9.17, 15) is 14.0 Å². The third kappa shape index (κ3) is 4.49. The maximum atomic E-state index is 14.2. The molecule has 164 valence electrons. The number of methoxy groups -OCH3 is 1. The van der Waals surface area contributed by atoms with Gasteiger partial charge in [-0.25, -0.2) is 4.39 Å². The lowest BCUT2D eigenvalue weighted by Gasteiger charge is -2.24. The van der Waals surface area contributed by atoms with Crippen LogP contribution in [0.2, 0.25) is 0 Å². The van der Waals surface area contributed by atoms with Gasteiger partial charge in [0.25, 0.3) is 5.91 Å². The number of ether oxygens (including phenoxy) is 1. The molecular formula is C26H25FN2O3. The van der Waals surface area contributed by atoms with Crippen molar-refractivity contribution in [3.8, 4) is 16.9 Å². The minimum atomic E-state index is -0.556. The molecule has 6 heteroatoms. The third-order valence-corrected chi connectivity index (χ3v) is 5.76. The highest BCUT2D eigenvalue weighted by Gasteiger charge is 2.30. The maximum absolute atomic E-state index is 14.2. The summed E-state index contributed by atoms with van der Waals surface area (Å²) in [4.78, 5) is 27.4. The Balaban J connectivity index is 1.62. The lowest BCUT2D eigenvalue weighted by molar-refractivity contribution is -0.124. The van der Waals surface area contributed by atoms with E-state index < -0.39 is 17.6 Å². The van der Waals surface area contributed by atoms with Crippen LogP contribution in [0.1, 0.15) is 15.9 Å². The topological polar surface area (TPSA) is 58.6 Å². The van der Waals surface area contributed by atoms with E-state index in [0.717, 1.165) is 22.4 Å². The number of nitrogens with one attached hydrogen (secondary N) is 1. The van der Waals surface area contributed by atoms with Crippen molar-refractivity contribution < 1.29 is 18.7 Å². The van der Waals surface area contributed by atoms with Gasteiger partial charge in [-0.2, -0.15) is 0 Å². The van der Waals surface area contributed by atoms with E-state index >= 15 is 0 Å². The molecule has 1 N–H and O–H groups in total. The zero-order chi connectivity index (χ0) is 22.5. The van der Waals surface area contributed by atoms with Crippen LogP contribution in [0.3, 0.4) is 0 Å². The summed E-state index contributed by atoms with van der Waals surface area (Å²) in [5.74, 6) is -0.768. The SMILES string of the molecule is COc1ccccc1-c1ccccc1C[C@@H]1CN(C(=O)c2ccccc2F)CCNC1=O. The van der Waals surface area contributed by atoms with Crippen LogP contribution in [0, 0.1) is 11.7 Å². The molecular weight excluding hydrogens is 407 g/mol. The van der Waals surface area contributed by atoms with Crippen molar-refractivity contribution in [2.24, 2.45) is 5.92 Å². The third-order valence-electron chi connectivity index (χ3n) is 5.76. The fraction of sp³-hybridized carbons (Fsp3) is 0.231. The lowest BCUT2D eigenvalue weighted by Crippen LogP contribution is -2.37. The molecule has 3 aromatic carbocycles. The number of hydrogen-bond donors (Lipinski definition) is 1. The van der Waals surface area contributed by atoms with E-state index in [4.69, 9.17) is 4.74 Å². The van der Waals surface area contributed by atoms with Crippen LogP contribution < -0.4 is 10.1 Å². The Labute approximate surface area is 186 Å². The summed E-state index contributed by atoms with van der Waals surface area (Å²) in [6, 6.07) is 21.6. The Morgan fingerprint density at radius 3 is 2.50 bits per heavy atom. The highest BCUT2D eigenvalue weighted by molar-refractivity contribution is 5.95. The quantitative estimate of drug-likeness (QED) is 0.665. The van der Waals surface area contributed by atoms with Gasteiger partial charge in [0, 0.05) is 25.2 Å². The van der Waals surface area contributed by atoms with Crippen molar-refractivity contribution in [1.29, 1.82) is 0 Å². The van der Waals surface area contributed by atoms with E-state index in [1.807, 2.05) is 48.5 Å².